The van der Waals surface area contributed by atoms with E-state index in [1.54, 1.807) is 31.2 Å². The lowest BCUT2D eigenvalue weighted by Crippen LogP contribution is -2.26. The second-order valence-electron chi connectivity index (χ2n) is 6.21. The van der Waals surface area contributed by atoms with Crippen LogP contribution in [0, 0.1) is 0 Å². The summed E-state index contributed by atoms with van der Waals surface area (Å²) in [7, 11) is 2.03. The number of anilines is 1. The van der Waals surface area contributed by atoms with Gasteiger partial charge in [0.1, 0.15) is 10.8 Å². The molecule has 0 fully saturated rings. The largest absolute Gasteiger partial charge is 0.484 e. The Bertz CT molecular complexity index is 835. The minimum atomic E-state index is -0.395. The van der Waals surface area contributed by atoms with Crippen LogP contribution in [0.2, 0.25) is 5.02 Å². The number of rotatable bonds is 6. The fraction of sp³-hybridized carbons (Fsp3) is 0.368. The monoisotopic (exact) mass is 408 g/mol. The van der Waals surface area contributed by atoms with Gasteiger partial charge in [0.2, 0.25) is 0 Å². The highest BCUT2D eigenvalue weighted by atomic mass is 35.5. The maximum absolute atomic E-state index is 12.4. The van der Waals surface area contributed by atoms with E-state index in [2.05, 4.69) is 10.2 Å². The summed E-state index contributed by atoms with van der Waals surface area (Å²) < 4.78 is 10.7. The molecule has 0 unspecified atom stereocenters. The standard InChI is InChI=1S/C19H21ClN2O4S/c1-3-25-19(24)17-14-8-9-22(2)10-15(14)27-18(17)21-16(23)11-26-13-6-4-12(20)5-7-13/h4-7H,3,8-11H2,1-2H3,(H,21,23). The van der Waals surface area contributed by atoms with Crippen LogP contribution in [0.3, 0.4) is 0 Å². The van der Waals surface area contributed by atoms with Crippen LogP contribution in [-0.2, 0) is 22.5 Å². The van der Waals surface area contributed by atoms with Gasteiger partial charge < -0.3 is 19.7 Å². The number of carbonyl (C=O) groups is 2. The van der Waals surface area contributed by atoms with E-state index in [1.165, 1.54) is 11.3 Å². The molecule has 0 saturated heterocycles. The Morgan fingerprint density at radius 1 is 1.30 bits per heavy atom. The van der Waals surface area contributed by atoms with Gasteiger partial charge in [-0.25, -0.2) is 4.79 Å². The summed E-state index contributed by atoms with van der Waals surface area (Å²) in [6.07, 6.45) is 0.758. The molecule has 0 aliphatic carbocycles. The summed E-state index contributed by atoms with van der Waals surface area (Å²) in [5, 5.41) is 3.94. The highest BCUT2D eigenvalue weighted by Gasteiger charge is 2.28. The van der Waals surface area contributed by atoms with E-state index in [1.807, 2.05) is 7.05 Å². The van der Waals surface area contributed by atoms with Crippen molar-refractivity contribution in [2.24, 2.45) is 0 Å². The Morgan fingerprint density at radius 2 is 2.04 bits per heavy atom. The zero-order valence-corrected chi connectivity index (χ0v) is 16.8. The zero-order valence-electron chi connectivity index (χ0n) is 15.2. The first kappa shape index (κ1) is 19.7. The molecule has 3 rings (SSSR count). The molecule has 1 aromatic heterocycles. The minimum absolute atomic E-state index is 0.160. The highest BCUT2D eigenvalue weighted by molar-refractivity contribution is 7.17. The number of likely N-dealkylation sites (N-methyl/N-ethyl adjacent to an activating group) is 1. The molecule has 0 radical (unpaired) electrons. The molecule has 6 nitrogen and oxygen atoms in total. The zero-order chi connectivity index (χ0) is 19.4. The third-order valence-electron chi connectivity index (χ3n) is 4.16. The first-order valence-corrected chi connectivity index (χ1v) is 9.85. The van der Waals surface area contributed by atoms with E-state index < -0.39 is 5.97 Å². The number of amides is 1. The molecule has 144 valence electrons. The first-order valence-electron chi connectivity index (χ1n) is 8.66. The number of nitrogens with zero attached hydrogens (tertiary/aromatic N) is 1. The van der Waals surface area contributed by atoms with Gasteiger partial charge in [0.15, 0.2) is 6.61 Å². The van der Waals surface area contributed by atoms with Crippen LogP contribution in [0.15, 0.2) is 24.3 Å². The summed E-state index contributed by atoms with van der Waals surface area (Å²) in [6, 6.07) is 6.77. The summed E-state index contributed by atoms with van der Waals surface area (Å²) in [4.78, 5) is 28.1. The third kappa shape index (κ3) is 4.80. The summed E-state index contributed by atoms with van der Waals surface area (Å²) in [6.45, 7) is 3.51. The van der Waals surface area contributed by atoms with Gasteiger partial charge in [0.25, 0.3) is 5.91 Å². The molecular weight excluding hydrogens is 388 g/mol. The van der Waals surface area contributed by atoms with Crippen molar-refractivity contribution in [3.05, 3.63) is 45.3 Å². The molecular formula is C19H21ClN2O4S. The number of halogens is 1. The third-order valence-corrected chi connectivity index (χ3v) is 5.55. The van der Waals surface area contributed by atoms with E-state index in [-0.39, 0.29) is 19.1 Å². The normalized spacial score (nSPS) is 13.7. The average Bonchev–Trinajstić information content (AvgIpc) is 2.98. The lowest BCUT2D eigenvalue weighted by Gasteiger charge is -2.22. The van der Waals surface area contributed by atoms with Crippen molar-refractivity contribution in [1.29, 1.82) is 0 Å². The fourth-order valence-corrected chi connectivity index (χ4v) is 4.34. The van der Waals surface area contributed by atoms with Crippen molar-refractivity contribution in [3.63, 3.8) is 0 Å². The molecule has 0 spiro atoms. The number of ether oxygens (including phenoxy) is 2. The molecule has 0 atom stereocenters. The highest BCUT2D eigenvalue weighted by Crippen LogP contribution is 2.37. The van der Waals surface area contributed by atoms with Crippen molar-refractivity contribution in [2.75, 3.05) is 32.1 Å². The molecule has 0 saturated carbocycles. The Balaban J connectivity index is 1.73. The van der Waals surface area contributed by atoms with Gasteiger partial charge in [0, 0.05) is 23.0 Å². The molecule has 2 heterocycles. The van der Waals surface area contributed by atoms with Gasteiger partial charge in [-0.1, -0.05) is 11.6 Å². The van der Waals surface area contributed by atoms with Crippen molar-refractivity contribution in [1.82, 2.24) is 4.90 Å². The molecule has 8 heteroatoms. The molecule has 1 aliphatic heterocycles. The maximum Gasteiger partial charge on any atom is 0.341 e. The fourth-order valence-electron chi connectivity index (χ4n) is 2.88. The Morgan fingerprint density at radius 3 is 2.74 bits per heavy atom. The van der Waals surface area contributed by atoms with Crippen LogP contribution in [0.1, 0.15) is 27.7 Å². The predicted octanol–water partition coefficient (Wildman–Crippen LogP) is 3.58. The number of esters is 1. The maximum atomic E-state index is 12.4. The average molecular weight is 409 g/mol. The topological polar surface area (TPSA) is 67.9 Å². The van der Waals surface area contributed by atoms with Gasteiger partial charge >= 0.3 is 5.97 Å². The van der Waals surface area contributed by atoms with Crippen LogP contribution in [0.25, 0.3) is 0 Å². The van der Waals surface area contributed by atoms with Crippen molar-refractivity contribution in [3.8, 4) is 5.75 Å². The quantitative estimate of drug-likeness (QED) is 0.740. The van der Waals surface area contributed by atoms with Crippen LogP contribution < -0.4 is 10.1 Å². The predicted molar refractivity (Wildman–Crippen MR) is 106 cm³/mol. The minimum Gasteiger partial charge on any atom is -0.484 e. The van der Waals surface area contributed by atoms with Crippen molar-refractivity contribution in [2.45, 2.75) is 19.9 Å². The van der Waals surface area contributed by atoms with E-state index >= 15 is 0 Å². The van der Waals surface area contributed by atoms with Gasteiger partial charge in [-0.05, 0) is 50.2 Å². The number of nitrogens with one attached hydrogen (secondary N) is 1. The van der Waals surface area contributed by atoms with E-state index in [4.69, 9.17) is 21.1 Å². The number of carbonyl (C=O) groups excluding carboxylic acids is 2. The van der Waals surface area contributed by atoms with Gasteiger partial charge in [-0.15, -0.1) is 11.3 Å². The Kier molecular flexibility index (Phi) is 6.36. The van der Waals surface area contributed by atoms with Crippen molar-refractivity contribution < 1.29 is 19.1 Å². The number of hydrogen-bond acceptors (Lipinski definition) is 6. The SMILES string of the molecule is CCOC(=O)c1c(NC(=O)COc2ccc(Cl)cc2)sc2c1CCN(C)C2. The van der Waals surface area contributed by atoms with Gasteiger partial charge in [-0.2, -0.15) is 0 Å². The summed E-state index contributed by atoms with van der Waals surface area (Å²) >= 11 is 7.26. The van der Waals surface area contributed by atoms with E-state index in [0.29, 0.717) is 21.3 Å². The smallest absolute Gasteiger partial charge is 0.341 e. The Hall–Kier alpha value is -2.09. The lowest BCUT2D eigenvalue weighted by atomic mass is 10.0. The number of hydrogen-bond donors (Lipinski definition) is 1. The summed E-state index contributed by atoms with van der Waals surface area (Å²) in [5.74, 6) is -0.178. The molecule has 1 N–H and O–H groups in total. The second kappa shape index (κ2) is 8.73. The molecule has 0 bridgehead atoms. The lowest BCUT2D eigenvalue weighted by molar-refractivity contribution is -0.118. The van der Waals surface area contributed by atoms with Crippen molar-refractivity contribution >= 4 is 39.8 Å². The number of fused-ring (bicyclic) bond motifs is 1. The van der Waals surface area contributed by atoms with Crippen LogP contribution in [-0.4, -0.2) is 43.6 Å². The van der Waals surface area contributed by atoms with Crippen LogP contribution in [0.4, 0.5) is 5.00 Å². The van der Waals surface area contributed by atoms with Gasteiger partial charge in [0.05, 0.1) is 12.2 Å². The molecule has 2 aromatic rings. The summed E-state index contributed by atoms with van der Waals surface area (Å²) in [5.41, 5.74) is 1.45. The molecule has 1 amide bonds. The van der Waals surface area contributed by atoms with Gasteiger partial charge in [-0.3, -0.25) is 4.79 Å². The van der Waals surface area contributed by atoms with Crippen LogP contribution >= 0.6 is 22.9 Å². The number of benzene rings is 1. The second-order valence-corrected chi connectivity index (χ2v) is 7.75. The van der Waals surface area contributed by atoms with E-state index in [0.717, 1.165) is 30.0 Å². The molecule has 1 aromatic carbocycles. The number of thiophene rings is 1. The van der Waals surface area contributed by atoms with Crippen LogP contribution in [0.5, 0.6) is 5.75 Å². The Labute approximate surface area is 167 Å². The molecule has 27 heavy (non-hydrogen) atoms. The first-order chi connectivity index (χ1) is 13.0. The molecule has 1 aliphatic rings. The van der Waals surface area contributed by atoms with E-state index in [9.17, 15) is 9.59 Å².